The van der Waals surface area contributed by atoms with Crippen molar-refractivity contribution in [1.29, 1.82) is 0 Å². The predicted molar refractivity (Wildman–Crippen MR) is 141 cm³/mol. The summed E-state index contributed by atoms with van der Waals surface area (Å²) >= 11 is 0. The molecule has 1 aliphatic heterocycles. The average Bonchev–Trinajstić information content (AvgIpc) is 3.13. The summed E-state index contributed by atoms with van der Waals surface area (Å²) in [6, 6.07) is 0. The Morgan fingerprint density at radius 3 is 2.42 bits per heavy atom. The smallest absolute Gasteiger partial charge is 0.306 e. The number of ether oxygens (including phenoxy) is 4. The van der Waals surface area contributed by atoms with Gasteiger partial charge in [-0.15, -0.1) is 0 Å². The maximum absolute atomic E-state index is 12.7. The number of esters is 3. The molecule has 212 valence electrons. The SMILES string of the molecule is C=C/C(C)=C/C[C@]1(C)[C@H](C)C[C@H](O)[C@@]23C(=C[C@@H](OC(=O)CCCCC)C[C@@H]12)[C@@H](OC(C)=O)O[C@H]3OC(C)=O. The van der Waals surface area contributed by atoms with E-state index in [0.717, 1.165) is 24.8 Å². The number of aliphatic hydroxyl groups is 1. The molecule has 1 saturated heterocycles. The Hall–Kier alpha value is -2.45. The van der Waals surface area contributed by atoms with E-state index in [1.807, 2.05) is 6.92 Å². The van der Waals surface area contributed by atoms with Crippen molar-refractivity contribution in [2.24, 2.45) is 22.7 Å². The summed E-state index contributed by atoms with van der Waals surface area (Å²) in [7, 11) is 0. The zero-order chi connectivity index (χ0) is 28.3. The maximum Gasteiger partial charge on any atom is 0.306 e. The highest BCUT2D eigenvalue weighted by Gasteiger charge is 2.71. The van der Waals surface area contributed by atoms with Gasteiger partial charge in [-0.2, -0.15) is 0 Å². The summed E-state index contributed by atoms with van der Waals surface area (Å²) in [4.78, 5) is 37.0. The average molecular weight is 533 g/mol. The van der Waals surface area contributed by atoms with Crippen molar-refractivity contribution < 1.29 is 38.4 Å². The molecular formula is C30H44O8. The van der Waals surface area contributed by atoms with Crippen LogP contribution < -0.4 is 0 Å². The van der Waals surface area contributed by atoms with Crippen molar-refractivity contribution in [3.8, 4) is 0 Å². The van der Waals surface area contributed by atoms with Gasteiger partial charge in [0.1, 0.15) is 6.10 Å². The summed E-state index contributed by atoms with van der Waals surface area (Å²) < 4.78 is 23.2. The normalized spacial score (nSPS) is 36.4. The van der Waals surface area contributed by atoms with Crippen molar-refractivity contribution >= 4 is 17.9 Å². The van der Waals surface area contributed by atoms with Crippen LogP contribution in [0.5, 0.6) is 0 Å². The van der Waals surface area contributed by atoms with Crippen LogP contribution in [-0.2, 0) is 33.3 Å². The van der Waals surface area contributed by atoms with Gasteiger partial charge in [-0.25, -0.2) is 0 Å². The van der Waals surface area contributed by atoms with E-state index in [1.54, 1.807) is 12.2 Å². The molecule has 0 aromatic rings. The lowest BCUT2D eigenvalue weighted by molar-refractivity contribution is -0.254. The van der Waals surface area contributed by atoms with Gasteiger partial charge in [0, 0.05) is 25.8 Å². The van der Waals surface area contributed by atoms with Crippen LogP contribution in [0.4, 0.5) is 0 Å². The first-order valence-corrected chi connectivity index (χ1v) is 13.8. The largest absolute Gasteiger partial charge is 0.458 e. The highest BCUT2D eigenvalue weighted by Crippen LogP contribution is 2.67. The molecule has 0 bridgehead atoms. The van der Waals surface area contributed by atoms with Gasteiger partial charge in [-0.05, 0) is 55.9 Å². The lowest BCUT2D eigenvalue weighted by atomic mass is 9.45. The van der Waals surface area contributed by atoms with Crippen molar-refractivity contribution in [2.45, 2.75) is 111 Å². The van der Waals surface area contributed by atoms with Crippen LogP contribution in [-0.4, -0.2) is 47.8 Å². The van der Waals surface area contributed by atoms with Crippen LogP contribution in [0.15, 0.2) is 36.0 Å². The molecule has 0 unspecified atom stereocenters. The van der Waals surface area contributed by atoms with Gasteiger partial charge >= 0.3 is 17.9 Å². The number of aliphatic hydroxyl groups excluding tert-OH is 1. The van der Waals surface area contributed by atoms with Crippen LogP contribution >= 0.6 is 0 Å². The first-order valence-electron chi connectivity index (χ1n) is 13.8. The molecule has 1 spiro atoms. The molecule has 1 N–H and O–H groups in total. The van der Waals surface area contributed by atoms with Gasteiger partial charge in [-0.1, -0.05) is 57.9 Å². The molecule has 8 atom stereocenters. The number of carbonyl (C=O) groups excluding carboxylic acids is 3. The third-order valence-electron chi connectivity index (χ3n) is 8.85. The summed E-state index contributed by atoms with van der Waals surface area (Å²) in [6.45, 7) is 14.8. The second-order valence-electron chi connectivity index (χ2n) is 11.4. The van der Waals surface area contributed by atoms with Crippen LogP contribution in [0, 0.1) is 22.7 Å². The summed E-state index contributed by atoms with van der Waals surface area (Å²) in [5, 5.41) is 11.7. The number of allylic oxidation sites excluding steroid dienone is 3. The van der Waals surface area contributed by atoms with E-state index in [1.165, 1.54) is 13.8 Å². The van der Waals surface area contributed by atoms with Gasteiger partial charge in [0.05, 0.1) is 11.5 Å². The molecule has 2 aliphatic carbocycles. The van der Waals surface area contributed by atoms with Gasteiger partial charge in [0.2, 0.25) is 12.6 Å². The molecule has 8 nitrogen and oxygen atoms in total. The Balaban J connectivity index is 2.14. The molecule has 3 rings (SSSR count). The molecule has 0 aromatic heterocycles. The van der Waals surface area contributed by atoms with Crippen LogP contribution in [0.25, 0.3) is 0 Å². The fourth-order valence-electron chi connectivity index (χ4n) is 6.62. The molecule has 1 heterocycles. The Kier molecular flexibility index (Phi) is 9.63. The van der Waals surface area contributed by atoms with E-state index in [2.05, 4.69) is 33.4 Å². The molecule has 0 aromatic carbocycles. The molecule has 1 saturated carbocycles. The summed E-state index contributed by atoms with van der Waals surface area (Å²) in [5.74, 6) is -1.67. The monoisotopic (exact) mass is 532 g/mol. The van der Waals surface area contributed by atoms with E-state index in [9.17, 15) is 19.5 Å². The Labute approximate surface area is 226 Å². The van der Waals surface area contributed by atoms with Crippen molar-refractivity contribution in [3.05, 3.63) is 36.0 Å². The lowest BCUT2D eigenvalue weighted by Crippen LogP contribution is -2.63. The zero-order valence-corrected chi connectivity index (χ0v) is 23.7. The fraction of sp³-hybridized carbons (Fsp3) is 0.700. The quantitative estimate of drug-likeness (QED) is 0.135. The minimum atomic E-state index is -1.17. The second-order valence-corrected chi connectivity index (χ2v) is 11.4. The van der Waals surface area contributed by atoms with Gasteiger partial charge in [0.25, 0.3) is 0 Å². The molecule has 0 radical (unpaired) electrons. The summed E-state index contributed by atoms with van der Waals surface area (Å²) in [5.41, 5.74) is -0.0331. The fourth-order valence-corrected chi connectivity index (χ4v) is 6.62. The molecule has 0 amide bonds. The number of unbranched alkanes of at least 4 members (excludes halogenated alkanes) is 2. The third-order valence-corrected chi connectivity index (χ3v) is 8.85. The van der Waals surface area contributed by atoms with Crippen LogP contribution in [0.3, 0.4) is 0 Å². The number of hydrogen-bond acceptors (Lipinski definition) is 8. The van der Waals surface area contributed by atoms with Crippen molar-refractivity contribution in [1.82, 2.24) is 0 Å². The lowest BCUT2D eigenvalue weighted by Gasteiger charge is -2.60. The molecular weight excluding hydrogens is 488 g/mol. The molecule has 2 fully saturated rings. The maximum atomic E-state index is 12.7. The number of carbonyl (C=O) groups is 3. The second kappa shape index (κ2) is 12.2. The third kappa shape index (κ3) is 5.76. The number of hydrogen-bond donors (Lipinski definition) is 1. The minimum absolute atomic E-state index is 0.0769. The van der Waals surface area contributed by atoms with E-state index in [4.69, 9.17) is 18.9 Å². The van der Waals surface area contributed by atoms with Gasteiger partial charge in [-0.3, -0.25) is 19.1 Å². The van der Waals surface area contributed by atoms with Crippen molar-refractivity contribution in [2.75, 3.05) is 0 Å². The first-order chi connectivity index (χ1) is 17.9. The number of rotatable bonds is 10. The molecule has 8 heteroatoms. The highest BCUT2D eigenvalue weighted by atomic mass is 16.8. The van der Waals surface area contributed by atoms with E-state index >= 15 is 0 Å². The van der Waals surface area contributed by atoms with Crippen LogP contribution in [0.1, 0.15) is 86.5 Å². The Morgan fingerprint density at radius 1 is 1.13 bits per heavy atom. The van der Waals surface area contributed by atoms with Gasteiger partial charge in [0.15, 0.2) is 0 Å². The van der Waals surface area contributed by atoms with Gasteiger partial charge < -0.3 is 19.3 Å². The standard InChI is InChI=1S/C30H44O8/c1-8-10-11-12-26(34)37-22-16-23-27(35-20(5)31)38-28(36-21(6)32)30(23)24(17-22)29(7,14-13-18(3)9-2)19(4)15-25(30)33/h9,13,16,19,22,24-25,27-28,33H,2,8,10-12,14-15,17H2,1,3-7H3/b18-13+/t19-,22-,24+,25+,27+,28-,29-,30-/m1/s1. The summed E-state index contributed by atoms with van der Waals surface area (Å²) in [6.07, 6.45) is 6.32. The minimum Gasteiger partial charge on any atom is -0.458 e. The zero-order valence-electron chi connectivity index (χ0n) is 23.7. The first kappa shape index (κ1) is 30.1. The highest BCUT2D eigenvalue weighted by molar-refractivity contribution is 5.70. The topological polar surface area (TPSA) is 108 Å². The Bertz CT molecular complexity index is 983. The molecule has 38 heavy (non-hydrogen) atoms. The van der Waals surface area contributed by atoms with Crippen LogP contribution in [0.2, 0.25) is 0 Å². The Morgan fingerprint density at radius 2 is 1.82 bits per heavy atom. The molecule has 3 aliphatic rings. The predicted octanol–water partition coefficient (Wildman–Crippen LogP) is 5.15. The van der Waals surface area contributed by atoms with E-state index in [0.29, 0.717) is 31.3 Å². The van der Waals surface area contributed by atoms with E-state index < -0.39 is 47.6 Å². The van der Waals surface area contributed by atoms with Crippen molar-refractivity contribution in [3.63, 3.8) is 0 Å². The van der Waals surface area contributed by atoms with E-state index in [-0.39, 0.29) is 17.8 Å².